The van der Waals surface area contributed by atoms with Crippen molar-refractivity contribution in [3.8, 4) is 18.2 Å². The molecule has 3 nitrogen and oxygen atoms in total. The quantitative estimate of drug-likeness (QED) is 0.674. The molecular formula is C10H2F3N3. The van der Waals surface area contributed by atoms with Crippen molar-refractivity contribution in [1.82, 2.24) is 0 Å². The van der Waals surface area contributed by atoms with Crippen LogP contribution in [0.15, 0.2) is 12.1 Å². The second kappa shape index (κ2) is 3.92. The van der Waals surface area contributed by atoms with Crippen molar-refractivity contribution in [2.24, 2.45) is 0 Å². The minimum Gasteiger partial charge on any atom is -0.192 e. The van der Waals surface area contributed by atoms with Gasteiger partial charge in [-0.3, -0.25) is 0 Å². The predicted molar refractivity (Wildman–Crippen MR) is 45.6 cm³/mol. The highest BCUT2D eigenvalue weighted by atomic mass is 19.4. The van der Waals surface area contributed by atoms with Crippen LogP contribution in [0.4, 0.5) is 13.2 Å². The maximum absolute atomic E-state index is 12.4. The molecular weight excluding hydrogens is 219 g/mol. The van der Waals surface area contributed by atoms with Gasteiger partial charge in [0.05, 0.1) is 28.3 Å². The molecule has 0 radical (unpaired) electrons. The van der Waals surface area contributed by atoms with E-state index in [9.17, 15) is 13.2 Å². The van der Waals surface area contributed by atoms with Crippen molar-refractivity contribution in [3.63, 3.8) is 0 Å². The lowest BCUT2D eigenvalue weighted by molar-refractivity contribution is -0.137. The van der Waals surface area contributed by atoms with E-state index in [0.29, 0.717) is 6.07 Å². The molecule has 0 spiro atoms. The largest absolute Gasteiger partial charge is 0.417 e. The Morgan fingerprint density at radius 2 is 1.25 bits per heavy atom. The molecule has 0 aliphatic rings. The number of benzene rings is 1. The monoisotopic (exact) mass is 221 g/mol. The summed E-state index contributed by atoms with van der Waals surface area (Å²) >= 11 is 0. The lowest BCUT2D eigenvalue weighted by Crippen LogP contribution is -2.09. The second-order valence-electron chi connectivity index (χ2n) is 2.78. The van der Waals surface area contributed by atoms with E-state index >= 15 is 0 Å². The van der Waals surface area contributed by atoms with E-state index in [1.807, 2.05) is 0 Å². The molecule has 0 fully saturated rings. The summed E-state index contributed by atoms with van der Waals surface area (Å²) in [5.74, 6) is 0. The number of halogens is 3. The third-order valence-corrected chi connectivity index (χ3v) is 1.82. The first-order valence-electron chi connectivity index (χ1n) is 3.89. The Morgan fingerprint density at radius 3 is 1.62 bits per heavy atom. The molecule has 0 unspecified atom stereocenters. The summed E-state index contributed by atoms with van der Waals surface area (Å²) in [6.07, 6.45) is -4.72. The van der Waals surface area contributed by atoms with Crippen LogP contribution < -0.4 is 0 Å². The average molecular weight is 221 g/mol. The van der Waals surface area contributed by atoms with E-state index in [-0.39, 0.29) is 5.56 Å². The first-order valence-corrected chi connectivity index (χ1v) is 3.89. The molecule has 0 bridgehead atoms. The molecule has 0 saturated carbocycles. The molecule has 1 aromatic carbocycles. The number of hydrogen-bond donors (Lipinski definition) is 0. The van der Waals surface area contributed by atoms with Crippen LogP contribution in [0.2, 0.25) is 0 Å². The van der Waals surface area contributed by atoms with Crippen LogP contribution in [0.1, 0.15) is 22.3 Å². The molecule has 0 heterocycles. The molecule has 16 heavy (non-hydrogen) atoms. The van der Waals surface area contributed by atoms with Crippen molar-refractivity contribution in [2.75, 3.05) is 0 Å². The molecule has 0 aliphatic carbocycles. The van der Waals surface area contributed by atoms with Crippen LogP contribution in [-0.4, -0.2) is 0 Å². The summed E-state index contributed by atoms with van der Waals surface area (Å²) in [6, 6.07) is 5.66. The third kappa shape index (κ3) is 1.94. The van der Waals surface area contributed by atoms with Gasteiger partial charge in [-0.05, 0) is 12.1 Å². The van der Waals surface area contributed by atoms with E-state index < -0.39 is 22.9 Å². The molecule has 1 rings (SSSR count). The van der Waals surface area contributed by atoms with Gasteiger partial charge < -0.3 is 0 Å². The van der Waals surface area contributed by atoms with Crippen LogP contribution in [0.25, 0.3) is 0 Å². The zero-order valence-electron chi connectivity index (χ0n) is 7.63. The van der Waals surface area contributed by atoms with Crippen molar-refractivity contribution in [1.29, 1.82) is 15.8 Å². The molecule has 0 atom stereocenters. The molecule has 0 N–H and O–H groups in total. The van der Waals surface area contributed by atoms with E-state index in [4.69, 9.17) is 15.8 Å². The average Bonchev–Trinajstić information content (AvgIpc) is 2.25. The van der Waals surface area contributed by atoms with Crippen molar-refractivity contribution in [3.05, 3.63) is 34.4 Å². The number of nitriles is 3. The van der Waals surface area contributed by atoms with Crippen molar-refractivity contribution >= 4 is 0 Å². The van der Waals surface area contributed by atoms with Crippen LogP contribution >= 0.6 is 0 Å². The molecule has 0 amide bonds. The topological polar surface area (TPSA) is 71.4 Å². The fourth-order valence-electron chi connectivity index (χ4n) is 1.11. The highest BCUT2D eigenvalue weighted by molar-refractivity contribution is 5.54. The molecule has 78 valence electrons. The number of alkyl halides is 3. The second-order valence-corrected chi connectivity index (χ2v) is 2.78. The highest BCUT2D eigenvalue weighted by Gasteiger charge is 2.34. The van der Waals surface area contributed by atoms with Gasteiger partial charge in [-0.15, -0.1) is 0 Å². The molecule has 6 heteroatoms. The van der Waals surface area contributed by atoms with Gasteiger partial charge >= 0.3 is 6.18 Å². The van der Waals surface area contributed by atoms with Gasteiger partial charge in [-0.1, -0.05) is 0 Å². The highest BCUT2D eigenvalue weighted by Crippen LogP contribution is 2.33. The summed E-state index contributed by atoms with van der Waals surface area (Å²) in [7, 11) is 0. The van der Waals surface area contributed by atoms with E-state index in [1.54, 1.807) is 6.07 Å². The normalized spacial score (nSPS) is 10.0. The number of rotatable bonds is 0. The molecule has 0 aliphatic heterocycles. The van der Waals surface area contributed by atoms with Crippen LogP contribution in [0.3, 0.4) is 0 Å². The summed E-state index contributed by atoms with van der Waals surface area (Å²) in [5, 5.41) is 25.6. The van der Waals surface area contributed by atoms with Gasteiger partial charge in [0.1, 0.15) is 12.1 Å². The van der Waals surface area contributed by atoms with Gasteiger partial charge in [-0.25, -0.2) is 0 Å². The first-order chi connectivity index (χ1) is 7.43. The Balaban J connectivity index is 3.62. The minimum absolute atomic E-state index is 0.243. The Hall–Kier alpha value is -2.52. The van der Waals surface area contributed by atoms with Gasteiger partial charge in [-0.2, -0.15) is 29.0 Å². The SMILES string of the molecule is N#Cc1cc(C#N)c(C(F)(F)F)cc1C#N. The summed E-state index contributed by atoms with van der Waals surface area (Å²) in [4.78, 5) is 0. The Bertz CT molecular complexity index is 553. The minimum atomic E-state index is -4.72. The maximum Gasteiger partial charge on any atom is 0.417 e. The zero-order valence-corrected chi connectivity index (χ0v) is 7.63. The van der Waals surface area contributed by atoms with E-state index in [1.165, 1.54) is 12.1 Å². The number of nitrogens with zero attached hydrogens (tertiary/aromatic N) is 3. The molecule has 1 aromatic rings. The number of hydrogen-bond acceptors (Lipinski definition) is 3. The lowest BCUT2D eigenvalue weighted by Gasteiger charge is -2.09. The predicted octanol–water partition coefficient (Wildman–Crippen LogP) is 2.32. The third-order valence-electron chi connectivity index (χ3n) is 1.82. The van der Waals surface area contributed by atoms with Crippen LogP contribution in [-0.2, 0) is 6.18 Å². The lowest BCUT2D eigenvalue weighted by atomic mass is 10.00. The molecule has 0 aromatic heterocycles. The molecule has 0 saturated heterocycles. The smallest absolute Gasteiger partial charge is 0.192 e. The van der Waals surface area contributed by atoms with Gasteiger partial charge in [0.2, 0.25) is 0 Å². The summed E-state index contributed by atoms with van der Waals surface area (Å²) in [5.41, 5.74) is -2.51. The zero-order chi connectivity index (χ0) is 12.3. The first kappa shape index (κ1) is 11.6. The van der Waals surface area contributed by atoms with E-state index in [0.717, 1.165) is 6.07 Å². The fourth-order valence-corrected chi connectivity index (χ4v) is 1.11. The van der Waals surface area contributed by atoms with Gasteiger partial charge in [0, 0.05) is 0 Å². The Morgan fingerprint density at radius 1 is 0.812 bits per heavy atom. The van der Waals surface area contributed by atoms with Crippen LogP contribution in [0, 0.1) is 34.0 Å². The Kier molecular flexibility index (Phi) is 2.83. The van der Waals surface area contributed by atoms with E-state index in [2.05, 4.69) is 0 Å². The van der Waals surface area contributed by atoms with Crippen molar-refractivity contribution in [2.45, 2.75) is 6.18 Å². The summed E-state index contributed by atoms with van der Waals surface area (Å²) < 4.78 is 37.3. The fraction of sp³-hybridized carbons (Fsp3) is 0.100. The maximum atomic E-state index is 12.4. The van der Waals surface area contributed by atoms with Gasteiger partial charge in [0.15, 0.2) is 0 Å². The van der Waals surface area contributed by atoms with Gasteiger partial charge in [0.25, 0.3) is 0 Å². The summed E-state index contributed by atoms with van der Waals surface area (Å²) in [6.45, 7) is 0. The standard InChI is InChI=1S/C10H2F3N3/c11-10(12,13)9-2-7(4-15)6(3-14)1-8(9)5-16/h1-2H. The Labute approximate surface area is 88.6 Å². The van der Waals surface area contributed by atoms with Crippen molar-refractivity contribution < 1.29 is 13.2 Å². The van der Waals surface area contributed by atoms with Crippen LogP contribution in [0.5, 0.6) is 0 Å².